The van der Waals surface area contributed by atoms with Crippen LogP contribution < -0.4 is 5.32 Å². The monoisotopic (exact) mass is 541 g/mol. The van der Waals surface area contributed by atoms with E-state index in [9.17, 15) is 18.0 Å². The second-order valence-corrected chi connectivity index (χ2v) is 12.6. The lowest BCUT2D eigenvalue weighted by Crippen LogP contribution is -2.51. The molecule has 1 aliphatic rings. The Kier molecular flexibility index (Phi) is 8.48. The van der Waals surface area contributed by atoms with Crippen LogP contribution in [0.15, 0.2) is 48.5 Å². The second kappa shape index (κ2) is 11.6. The lowest BCUT2D eigenvalue weighted by atomic mass is 10.0. The largest absolute Gasteiger partial charge is 0.324 e. The summed E-state index contributed by atoms with van der Waals surface area (Å²) < 4.78 is 24.0. The molecule has 1 aliphatic heterocycles. The third kappa shape index (κ3) is 7.29. The van der Waals surface area contributed by atoms with Crippen LogP contribution in [-0.4, -0.2) is 85.6 Å². The van der Waals surface area contributed by atoms with Gasteiger partial charge in [-0.3, -0.25) is 14.5 Å². The highest BCUT2D eigenvalue weighted by Crippen LogP contribution is 2.26. The molecule has 0 saturated carbocycles. The summed E-state index contributed by atoms with van der Waals surface area (Å²) in [7, 11) is -1.31. The number of rotatable bonds is 9. The topological polar surface area (TPSA) is 113 Å². The third-order valence-electron chi connectivity index (χ3n) is 6.37. The first-order valence-electron chi connectivity index (χ1n) is 12.0. The zero-order valence-electron chi connectivity index (χ0n) is 21.2. The van der Waals surface area contributed by atoms with Crippen molar-refractivity contribution in [3.63, 3.8) is 0 Å². The maximum Gasteiger partial charge on any atom is 0.241 e. The first kappa shape index (κ1) is 27.1. The van der Waals surface area contributed by atoms with Gasteiger partial charge in [0.2, 0.25) is 5.91 Å². The number of benzene rings is 2. The minimum Gasteiger partial charge on any atom is -0.324 e. The zero-order chi connectivity index (χ0) is 26.6. The van der Waals surface area contributed by atoms with Crippen LogP contribution in [0.5, 0.6) is 0 Å². The van der Waals surface area contributed by atoms with Crippen molar-refractivity contribution in [1.29, 1.82) is 0 Å². The number of hydrogen-bond donors (Lipinski definition) is 1. The molecule has 11 heteroatoms. The molecule has 1 N–H and O–H groups in total. The number of aromatic nitrogens is 2. The molecule has 2 aromatic carbocycles. The number of carbonyl (C=O) groups is 2. The highest BCUT2D eigenvalue weighted by molar-refractivity contribution is 7.89. The highest BCUT2D eigenvalue weighted by Gasteiger charge is 2.25. The molecule has 2 heterocycles. The van der Waals surface area contributed by atoms with Crippen LogP contribution in [-0.2, 0) is 26.8 Å². The van der Waals surface area contributed by atoms with Gasteiger partial charge in [-0.1, -0.05) is 53.8 Å². The fourth-order valence-electron chi connectivity index (χ4n) is 4.15. The summed E-state index contributed by atoms with van der Waals surface area (Å²) in [6.07, 6.45) is 1.20. The van der Waals surface area contributed by atoms with Gasteiger partial charge in [-0.2, -0.15) is 0 Å². The van der Waals surface area contributed by atoms with Gasteiger partial charge in [0, 0.05) is 49.2 Å². The summed E-state index contributed by atoms with van der Waals surface area (Å²) in [6, 6.07) is 14.0. The molecule has 1 atom stereocenters. The molecule has 1 fully saturated rings. The first-order valence-corrected chi connectivity index (χ1v) is 14.9. The van der Waals surface area contributed by atoms with E-state index in [1.807, 2.05) is 44.3 Å². The number of piperazine rings is 1. The van der Waals surface area contributed by atoms with Crippen LogP contribution in [0.1, 0.15) is 27.9 Å². The van der Waals surface area contributed by atoms with E-state index < -0.39 is 15.9 Å². The number of anilines is 1. The average molecular weight is 542 g/mol. The number of carbonyl (C=O) groups excluding carboxylic acids is 2. The molecule has 0 radical (unpaired) electrons. The van der Waals surface area contributed by atoms with Crippen LogP contribution in [0.3, 0.4) is 0 Å². The molecule has 1 aromatic heterocycles. The fourth-order valence-corrected chi connectivity index (χ4v) is 5.81. The molecule has 37 heavy (non-hydrogen) atoms. The van der Waals surface area contributed by atoms with Gasteiger partial charge < -0.3 is 10.2 Å². The molecule has 0 bridgehead atoms. The second-order valence-electron chi connectivity index (χ2n) is 9.41. The molecule has 9 nitrogen and oxygen atoms in total. The Bertz CT molecular complexity index is 1370. The lowest BCUT2D eigenvalue weighted by Gasteiger charge is -2.35. The van der Waals surface area contributed by atoms with Crippen molar-refractivity contribution in [2.75, 3.05) is 44.8 Å². The molecule has 1 amide bonds. The van der Waals surface area contributed by atoms with Gasteiger partial charge in [0.1, 0.15) is 10.0 Å². The van der Waals surface area contributed by atoms with Crippen molar-refractivity contribution >= 4 is 38.6 Å². The van der Waals surface area contributed by atoms with Gasteiger partial charge in [0.25, 0.3) is 0 Å². The molecule has 0 aliphatic carbocycles. The number of sulfone groups is 1. The van der Waals surface area contributed by atoms with E-state index in [-0.39, 0.29) is 23.9 Å². The van der Waals surface area contributed by atoms with Crippen molar-refractivity contribution in [3.8, 4) is 10.6 Å². The molecule has 1 saturated heterocycles. The zero-order valence-corrected chi connectivity index (χ0v) is 22.8. The Morgan fingerprint density at radius 2 is 1.76 bits per heavy atom. The Morgan fingerprint density at radius 1 is 1.05 bits per heavy atom. The van der Waals surface area contributed by atoms with Gasteiger partial charge in [0.05, 0.1) is 18.2 Å². The predicted molar refractivity (Wildman–Crippen MR) is 146 cm³/mol. The molecule has 3 aromatic rings. The summed E-state index contributed by atoms with van der Waals surface area (Å²) in [5, 5.41) is 12.6. The Labute approximate surface area is 221 Å². The Hall–Kier alpha value is -2.99. The van der Waals surface area contributed by atoms with Gasteiger partial charge in [-0.05, 0) is 25.6 Å². The summed E-state index contributed by atoms with van der Waals surface area (Å²) in [4.78, 5) is 30.5. The van der Waals surface area contributed by atoms with Gasteiger partial charge in [-0.25, -0.2) is 8.42 Å². The minimum atomic E-state index is -3.36. The first-order chi connectivity index (χ1) is 17.6. The number of amides is 1. The molecular formula is C26H31N5O4S2. The third-order valence-corrected chi connectivity index (χ3v) is 8.18. The number of likely N-dealkylation sites (N-methyl/N-ethyl adjacent to an activating group) is 1. The van der Waals surface area contributed by atoms with Gasteiger partial charge >= 0.3 is 0 Å². The minimum absolute atomic E-state index is 0.0566. The molecule has 0 spiro atoms. The number of hydrogen-bond acceptors (Lipinski definition) is 9. The number of Topliss-reactive ketones (excluding diaryl/α,β-unsaturated/α-hetero) is 1. The maximum absolute atomic E-state index is 13.1. The van der Waals surface area contributed by atoms with E-state index in [0.717, 1.165) is 43.0 Å². The molecule has 196 valence electrons. The Morgan fingerprint density at radius 3 is 2.43 bits per heavy atom. The summed E-state index contributed by atoms with van der Waals surface area (Å²) in [5.41, 5.74) is 2.09. The average Bonchev–Trinajstić information content (AvgIpc) is 3.33. The van der Waals surface area contributed by atoms with Crippen molar-refractivity contribution < 1.29 is 18.0 Å². The van der Waals surface area contributed by atoms with E-state index in [2.05, 4.69) is 25.3 Å². The number of ketones is 1. The number of nitrogens with one attached hydrogen (secondary N) is 1. The van der Waals surface area contributed by atoms with Crippen LogP contribution in [0.25, 0.3) is 10.6 Å². The van der Waals surface area contributed by atoms with Crippen LogP contribution in [0.2, 0.25) is 0 Å². The van der Waals surface area contributed by atoms with Gasteiger partial charge in [0.15, 0.2) is 15.6 Å². The van der Waals surface area contributed by atoms with E-state index in [4.69, 9.17) is 0 Å². The summed E-state index contributed by atoms with van der Waals surface area (Å²) in [6.45, 7) is 5.13. The maximum atomic E-state index is 13.1. The highest BCUT2D eigenvalue weighted by atomic mass is 32.2. The normalized spacial score (nSPS) is 15.9. The molecular weight excluding hydrogens is 510 g/mol. The molecule has 4 rings (SSSR count). The van der Waals surface area contributed by atoms with Crippen molar-refractivity contribution in [2.45, 2.75) is 25.1 Å². The van der Waals surface area contributed by atoms with Crippen molar-refractivity contribution in [1.82, 2.24) is 20.0 Å². The van der Waals surface area contributed by atoms with E-state index >= 15 is 0 Å². The smallest absolute Gasteiger partial charge is 0.241 e. The van der Waals surface area contributed by atoms with Crippen molar-refractivity contribution in [3.05, 3.63) is 64.7 Å². The number of nitrogens with zero attached hydrogens (tertiary/aromatic N) is 4. The van der Waals surface area contributed by atoms with E-state index in [1.165, 1.54) is 11.3 Å². The SMILES string of the molecule is CC(C(=O)Nc1cc(C(=O)Cc2nnc(-c3ccccc3)s2)ccc1CS(C)(=O)=O)N1CCN(C)CC1. The predicted octanol–water partition coefficient (Wildman–Crippen LogP) is 2.75. The standard InChI is InChI=1S/C26H31N5O4S2/c1-18(31-13-11-30(2)12-14-31)25(33)27-22-15-20(9-10-21(22)17-37(3,34)35)23(32)16-24-28-29-26(36-24)19-7-5-4-6-8-19/h4-10,15,18H,11-14,16-17H2,1-3H3,(H,27,33). The van der Waals surface area contributed by atoms with Crippen molar-refractivity contribution in [2.24, 2.45) is 0 Å². The van der Waals surface area contributed by atoms with E-state index in [1.54, 1.807) is 18.2 Å². The quantitative estimate of drug-likeness (QED) is 0.412. The van der Waals surface area contributed by atoms with Crippen LogP contribution in [0.4, 0.5) is 5.69 Å². The summed E-state index contributed by atoms with van der Waals surface area (Å²) >= 11 is 1.35. The molecule has 1 unspecified atom stereocenters. The summed E-state index contributed by atoms with van der Waals surface area (Å²) in [5.74, 6) is -0.665. The van der Waals surface area contributed by atoms with E-state index in [0.29, 0.717) is 21.8 Å². The van der Waals surface area contributed by atoms with Crippen LogP contribution >= 0.6 is 11.3 Å². The lowest BCUT2D eigenvalue weighted by molar-refractivity contribution is -0.121. The van der Waals surface area contributed by atoms with Gasteiger partial charge in [-0.15, -0.1) is 10.2 Å². The van der Waals surface area contributed by atoms with Crippen LogP contribution in [0, 0.1) is 0 Å². The fraction of sp³-hybridized carbons (Fsp3) is 0.385. The Balaban J connectivity index is 1.52.